The number of amides is 2. The van der Waals surface area contributed by atoms with Crippen molar-refractivity contribution in [3.05, 3.63) is 27.3 Å². The quantitative estimate of drug-likeness (QED) is 0.826. The SMILES string of the molecule is Cc1c(I)cccc1N1CC(C(N)=O)CC1=O. The Labute approximate surface area is 113 Å². The van der Waals surface area contributed by atoms with E-state index in [1.165, 1.54) is 0 Å². The summed E-state index contributed by atoms with van der Waals surface area (Å²) in [4.78, 5) is 24.6. The van der Waals surface area contributed by atoms with E-state index in [1.807, 2.05) is 25.1 Å². The molecule has 2 amide bonds. The number of rotatable bonds is 2. The summed E-state index contributed by atoms with van der Waals surface area (Å²) in [6.45, 7) is 2.37. The molecule has 1 saturated heterocycles. The molecular weight excluding hydrogens is 331 g/mol. The van der Waals surface area contributed by atoms with Crippen molar-refractivity contribution in [2.45, 2.75) is 13.3 Å². The molecule has 4 nitrogen and oxygen atoms in total. The third kappa shape index (κ3) is 2.29. The second-order valence-corrected chi connectivity index (χ2v) is 5.35. The summed E-state index contributed by atoms with van der Waals surface area (Å²) in [5, 5.41) is 0. The molecule has 0 bridgehead atoms. The van der Waals surface area contributed by atoms with E-state index in [2.05, 4.69) is 22.6 Å². The molecule has 90 valence electrons. The Balaban J connectivity index is 2.32. The molecule has 1 aliphatic rings. The third-order valence-corrected chi connectivity index (χ3v) is 4.23. The van der Waals surface area contributed by atoms with Gasteiger partial charge in [0.25, 0.3) is 0 Å². The van der Waals surface area contributed by atoms with Crippen molar-refractivity contribution < 1.29 is 9.59 Å². The number of benzene rings is 1. The summed E-state index contributed by atoms with van der Waals surface area (Å²) in [5.41, 5.74) is 7.19. The van der Waals surface area contributed by atoms with E-state index in [9.17, 15) is 9.59 Å². The van der Waals surface area contributed by atoms with Crippen LogP contribution in [-0.4, -0.2) is 18.4 Å². The van der Waals surface area contributed by atoms with Gasteiger partial charge in [-0.3, -0.25) is 9.59 Å². The van der Waals surface area contributed by atoms with E-state index in [0.717, 1.165) is 14.8 Å². The van der Waals surface area contributed by atoms with Gasteiger partial charge in [-0.25, -0.2) is 0 Å². The first kappa shape index (κ1) is 12.3. The van der Waals surface area contributed by atoms with Crippen LogP contribution in [-0.2, 0) is 9.59 Å². The molecule has 1 aliphatic heterocycles. The molecule has 1 unspecified atom stereocenters. The van der Waals surface area contributed by atoms with Crippen molar-refractivity contribution in [1.82, 2.24) is 0 Å². The second-order valence-electron chi connectivity index (χ2n) is 4.19. The van der Waals surface area contributed by atoms with Gasteiger partial charge in [-0.1, -0.05) is 6.07 Å². The van der Waals surface area contributed by atoms with Gasteiger partial charge in [0.1, 0.15) is 0 Å². The normalized spacial score (nSPS) is 19.8. The Hall–Kier alpha value is -1.11. The molecule has 0 aromatic heterocycles. The fourth-order valence-electron chi connectivity index (χ4n) is 2.02. The van der Waals surface area contributed by atoms with E-state index >= 15 is 0 Å². The summed E-state index contributed by atoms with van der Waals surface area (Å²) in [6.07, 6.45) is 0.222. The van der Waals surface area contributed by atoms with Gasteiger partial charge in [0.05, 0.1) is 5.92 Å². The molecule has 1 aromatic rings. The number of anilines is 1. The molecule has 0 radical (unpaired) electrons. The van der Waals surface area contributed by atoms with Crippen LogP contribution >= 0.6 is 22.6 Å². The van der Waals surface area contributed by atoms with E-state index < -0.39 is 5.91 Å². The molecule has 0 spiro atoms. The van der Waals surface area contributed by atoms with Gasteiger partial charge in [0.15, 0.2) is 0 Å². The molecule has 2 rings (SSSR count). The fourth-order valence-corrected chi connectivity index (χ4v) is 2.50. The van der Waals surface area contributed by atoms with Crippen LogP contribution in [0.4, 0.5) is 5.69 Å². The molecule has 1 atom stereocenters. The van der Waals surface area contributed by atoms with E-state index in [-0.39, 0.29) is 18.2 Å². The average Bonchev–Trinajstić information content (AvgIpc) is 2.65. The number of hydrogen-bond donors (Lipinski definition) is 1. The molecule has 1 heterocycles. The molecule has 0 saturated carbocycles. The molecule has 17 heavy (non-hydrogen) atoms. The van der Waals surface area contributed by atoms with Crippen LogP contribution in [0.25, 0.3) is 0 Å². The summed E-state index contributed by atoms with van der Waals surface area (Å²) in [7, 11) is 0. The first-order chi connectivity index (χ1) is 8.00. The number of nitrogens with zero attached hydrogens (tertiary/aromatic N) is 1. The standard InChI is InChI=1S/C12H13IN2O2/c1-7-9(13)3-2-4-10(7)15-6-8(12(14)17)5-11(15)16/h2-4,8H,5-6H2,1H3,(H2,14,17). The van der Waals surface area contributed by atoms with Crippen molar-refractivity contribution in [2.24, 2.45) is 11.7 Å². The zero-order chi connectivity index (χ0) is 12.6. The van der Waals surface area contributed by atoms with Crippen LogP contribution in [0.2, 0.25) is 0 Å². The van der Waals surface area contributed by atoms with Crippen molar-refractivity contribution in [3.63, 3.8) is 0 Å². The van der Waals surface area contributed by atoms with Crippen LogP contribution in [0, 0.1) is 16.4 Å². The molecule has 1 fully saturated rings. The van der Waals surface area contributed by atoms with Crippen LogP contribution < -0.4 is 10.6 Å². The first-order valence-electron chi connectivity index (χ1n) is 5.35. The van der Waals surface area contributed by atoms with Crippen molar-refractivity contribution >= 4 is 40.1 Å². The number of carbonyl (C=O) groups excluding carboxylic acids is 2. The minimum Gasteiger partial charge on any atom is -0.369 e. The van der Waals surface area contributed by atoms with E-state index in [0.29, 0.717) is 6.54 Å². The van der Waals surface area contributed by atoms with Gasteiger partial charge in [-0.2, -0.15) is 0 Å². The fraction of sp³-hybridized carbons (Fsp3) is 0.333. The summed E-state index contributed by atoms with van der Waals surface area (Å²) < 4.78 is 1.11. The summed E-state index contributed by atoms with van der Waals surface area (Å²) in [5.74, 6) is -0.789. The zero-order valence-corrected chi connectivity index (χ0v) is 11.6. The lowest BCUT2D eigenvalue weighted by Crippen LogP contribution is -2.28. The van der Waals surface area contributed by atoms with Gasteiger partial charge in [0.2, 0.25) is 11.8 Å². The number of hydrogen-bond acceptors (Lipinski definition) is 2. The molecule has 2 N–H and O–H groups in total. The lowest BCUT2D eigenvalue weighted by molar-refractivity contribution is -0.123. The Bertz CT molecular complexity index is 487. The van der Waals surface area contributed by atoms with Gasteiger partial charge < -0.3 is 10.6 Å². The number of nitrogens with two attached hydrogens (primary N) is 1. The highest BCUT2D eigenvalue weighted by Gasteiger charge is 2.34. The predicted octanol–water partition coefficient (Wildman–Crippen LogP) is 1.44. The van der Waals surface area contributed by atoms with Crippen LogP contribution in [0.3, 0.4) is 0 Å². The van der Waals surface area contributed by atoms with E-state index in [1.54, 1.807) is 4.90 Å². The first-order valence-corrected chi connectivity index (χ1v) is 6.43. The molecule has 0 aliphatic carbocycles. The minimum absolute atomic E-state index is 0.0288. The highest BCUT2D eigenvalue weighted by molar-refractivity contribution is 14.1. The maximum absolute atomic E-state index is 11.9. The van der Waals surface area contributed by atoms with Crippen molar-refractivity contribution in [2.75, 3.05) is 11.4 Å². The average molecular weight is 344 g/mol. The Morgan fingerprint density at radius 1 is 1.53 bits per heavy atom. The van der Waals surface area contributed by atoms with Gasteiger partial charge in [-0.05, 0) is 47.2 Å². The zero-order valence-electron chi connectivity index (χ0n) is 9.44. The van der Waals surface area contributed by atoms with E-state index in [4.69, 9.17) is 5.73 Å². The lowest BCUT2D eigenvalue weighted by Gasteiger charge is -2.19. The maximum Gasteiger partial charge on any atom is 0.227 e. The maximum atomic E-state index is 11.9. The lowest BCUT2D eigenvalue weighted by atomic mass is 10.1. The Morgan fingerprint density at radius 3 is 2.82 bits per heavy atom. The van der Waals surface area contributed by atoms with Crippen molar-refractivity contribution in [1.29, 1.82) is 0 Å². The van der Waals surface area contributed by atoms with Gasteiger partial charge in [0, 0.05) is 22.2 Å². The number of halogens is 1. The summed E-state index contributed by atoms with van der Waals surface area (Å²) in [6, 6.07) is 5.80. The van der Waals surface area contributed by atoms with Crippen LogP contribution in [0.1, 0.15) is 12.0 Å². The highest BCUT2D eigenvalue weighted by atomic mass is 127. The monoisotopic (exact) mass is 344 g/mol. The largest absolute Gasteiger partial charge is 0.369 e. The van der Waals surface area contributed by atoms with Crippen LogP contribution in [0.5, 0.6) is 0 Å². The molecule has 5 heteroatoms. The summed E-state index contributed by atoms with van der Waals surface area (Å²) >= 11 is 2.23. The Morgan fingerprint density at radius 2 is 2.24 bits per heavy atom. The molecular formula is C12H13IN2O2. The third-order valence-electron chi connectivity index (χ3n) is 3.06. The van der Waals surface area contributed by atoms with Gasteiger partial charge in [-0.15, -0.1) is 0 Å². The predicted molar refractivity (Wildman–Crippen MR) is 73.6 cm³/mol. The topological polar surface area (TPSA) is 63.4 Å². The second kappa shape index (κ2) is 4.64. The van der Waals surface area contributed by atoms with Gasteiger partial charge >= 0.3 is 0 Å². The highest BCUT2D eigenvalue weighted by Crippen LogP contribution is 2.29. The van der Waals surface area contributed by atoms with Crippen LogP contribution in [0.15, 0.2) is 18.2 Å². The molecule has 1 aromatic carbocycles. The number of carbonyl (C=O) groups is 2. The minimum atomic E-state index is -0.399. The smallest absolute Gasteiger partial charge is 0.227 e. The van der Waals surface area contributed by atoms with Crippen molar-refractivity contribution in [3.8, 4) is 0 Å². The number of primary amides is 1. The Kier molecular flexibility index (Phi) is 3.37.